The van der Waals surface area contributed by atoms with Gasteiger partial charge >= 0.3 is 6.09 Å². The lowest BCUT2D eigenvalue weighted by Crippen LogP contribution is -2.51. The smallest absolute Gasteiger partial charge is 0.410 e. The first-order valence-electron chi connectivity index (χ1n) is 11.7. The van der Waals surface area contributed by atoms with E-state index in [2.05, 4.69) is 51.8 Å². The van der Waals surface area contributed by atoms with Gasteiger partial charge in [-0.05, 0) is 52.5 Å². The van der Waals surface area contributed by atoms with Crippen LogP contribution in [0.1, 0.15) is 52.5 Å². The van der Waals surface area contributed by atoms with Gasteiger partial charge < -0.3 is 19.1 Å². The van der Waals surface area contributed by atoms with Crippen LogP contribution in [-0.4, -0.2) is 70.6 Å². The molecule has 1 unspecified atom stereocenters. The maximum absolute atomic E-state index is 13.2. The molecule has 178 valence electrons. The lowest BCUT2D eigenvalue weighted by molar-refractivity contribution is 0.00497. The first-order chi connectivity index (χ1) is 15.1. The fourth-order valence-electron chi connectivity index (χ4n) is 4.54. The van der Waals surface area contributed by atoms with Crippen LogP contribution in [0, 0.1) is 5.92 Å². The molecule has 32 heavy (non-hydrogen) atoms. The normalized spacial score (nSPS) is 23.6. The molecular weight excluding hydrogens is 422 g/mol. The first-order valence-corrected chi connectivity index (χ1v) is 13.2. The molecule has 0 radical (unpaired) electrons. The maximum Gasteiger partial charge on any atom is 0.410 e. The van der Waals surface area contributed by atoms with Crippen LogP contribution in [-0.2, 0) is 16.1 Å². The molecule has 1 aromatic rings. The summed E-state index contributed by atoms with van der Waals surface area (Å²) in [6.45, 7) is 11.5. The van der Waals surface area contributed by atoms with Crippen LogP contribution in [0.15, 0.2) is 35.9 Å². The number of ether oxygens (including phenoxy) is 1. The minimum Gasteiger partial charge on any atom is -0.598 e. The van der Waals surface area contributed by atoms with Crippen molar-refractivity contribution in [3.63, 3.8) is 0 Å². The van der Waals surface area contributed by atoms with Gasteiger partial charge in [0.15, 0.2) is 0 Å². The number of piperidine rings is 1. The van der Waals surface area contributed by atoms with E-state index < -0.39 is 17.0 Å². The molecule has 2 fully saturated rings. The Kier molecular flexibility index (Phi) is 8.67. The van der Waals surface area contributed by atoms with Crippen molar-refractivity contribution in [2.75, 3.05) is 32.4 Å². The zero-order valence-corrected chi connectivity index (χ0v) is 21.0. The van der Waals surface area contributed by atoms with Crippen LogP contribution in [0.25, 0.3) is 6.08 Å². The molecule has 3 atom stereocenters. The van der Waals surface area contributed by atoms with Crippen molar-refractivity contribution in [3.05, 3.63) is 41.5 Å². The number of carbonyl (C=O) groups is 1. The van der Waals surface area contributed by atoms with Gasteiger partial charge in [-0.2, -0.15) is 0 Å². The highest BCUT2D eigenvalue weighted by atomic mass is 32.2. The highest BCUT2D eigenvalue weighted by Crippen LogP contribution is 2.44. The van der Waals surface area contributed by atoms with Gasteiger partial charge in [0.1, 0.15) is 11.9 Å². The summed E-state index contributed by atoms with van der Waals surface area (Å²) in [7, 11) is 0. The second-order valence-corrected chi connectivity index (χ2v) is 11.2. The number of rotatable bonds is 8. The number of nitrogens with zero attached hydrogens (tertiary/aromatic N) is 2. The van der Waals surface area contributed by atoms with E-state index in [1.807, 2.05) is 26.8 Å². The molecule has 1 heterocycles. The summed E-state index contributed by atoms with van der Waals surface area (Å²) in [6.07, 6.45) is 6.61. The van der Waals surface area contributed by atoms with Crippen molar-refractivity contribution in [3.8, 4) is 0 Å². The Morgan fingerprint density at radius 1 is 1.28 bits per heavy atom. The average Bonchev–Trinajstić information content (AvgIpc) is 3.49. The summed E-state index contributed by atoms with van der Waals surface area (Å²) < 4.78 is 20.0. The summed E-state index contributed by atoms with van der Waals surface area (Å²) in [4.78, 5) is 17.7. The quantitative estimate of drug-likeness (QED) is 0.591. The predicted molar refractivity (Wildman–Crippen MR) is 132 cm³/mol. The van der Waals surface area contributed by atoms with Crippen LogP contribution < -0.4 is 4.72 Å². The molecule has 1 saturated carbocycles. The number of amides is 1. The van der Waals surface area contributed by atoms with Crippen LogP contribution in [0.5, 0.6) is 0 Å². The third-order valence-corrected chi connectivity index (χ3v) is 6.79. The van der Waals surface area contributed by atoms with Crippen LogP contribution >= 0.6 is 0 Å². The van der Waals surface area contributed by atoms with E-state index in [4.69, 9.17) is 4.74 Å². The van der Waals surface area contributed by atoms with Crippen molar-refractivity contribution >= 4 is 23.5 Å². The zero-order valence-electron chi connectivity index (χ0n) is 20.2. The van der Waals surface area contributed by atoms with Crippen molar-refractivity contribution < 1.29 is 14.1 Å². The lowest BCUT2D eigenvalue weighted by atomic mass is 10.0. The second kappa shape index (κ2) is 11.1. The van der Waals surface area contributed by atoms with E-state index in [-0.39, 0.29) is 18.2 Å². The molecule has 0 aromatic heterocycles. The predicted octanol–water partition coefficient (Wildman–Crippen LogP) is 4.06. The maximum atomic E-state index is 13.2. The van der Waals surface area contributed by atoms with Crippen LogP contribution in [0.3, 0.4) is 0 Å². The van der Waals surface area contributed by atoms with E-state index >= 15 is 0 Å². The molecule has 1 aliphatic carbocycles. The topological polar surface area (TPSA) is 67.9 Å². The number of hydrogen-bond donors (Lipinski definition) is 1. The number of hydrogen-bond acceptors (Lipinski definition) is 5. The fourth-order valence-corrected chi connectivity index (χ4v) is 4.91. The molecule has 0 spiro atoms. The lowest BCUT2D eigenvalue weighted by Gasteiger charge is -2.39. The second-order valence-electron chi connectivity index (χ2n) is 10.0. The number of nitrogens with one attached hydrogen (secondary N) is 1. The molecule has 3 rings (SSSR count). The Morgan fingerprint density at radius 2 is 1.94 bits per heavy atom. The number of carbonyl (C=O) groups excluding carboxylic acids is 1. The Balaban J connectivity index is 1.64. The molecule has 1 aliphatic heterocycles. The van der Waals surface area contributed by atoms with E-state index in [1.54, 1.807) is 6.26 Å². The molecular formula is C25H39N3O3S. The molecule has 6 nitrogen and oxygen atoms in total. The van der Waals surface area contributed by atoms with Crippen molar-refractivity contribution in [2.24, 2.45) is 5.92 Å². The molecule has 7 heteroatoms. The highest BCUT2D eigenvalue weighted by molar-refractivity contribution is 7.88. The molecule has 0 bridgehead atoms. The molecule has 1 amide bonds. The average molecular weight is 462 g/mol. The SMILES string of the molecule is C/C(=C\c1ccccc1)[C@@H]1C[C@H]1N(C(=O)OC(C)(C)C)C1CCN(CCN[S+](C)[O-])CC1. The Morgan fingerprint density at radius 3 is 2.53 bits per heavy atom. The molecule has 2 aliphatic rings. The summed E-state index contributed by atoms with van der Waals surface area (Å²) in [5, 5.41) is 0. The van der Waals surface area contributed by atoms with Gasteiger partial charge in [0.2, 0.25) is 0 Å². The summed E-state index contributed by atoms with van der Waals surface area (Å²) >= 11 is -0.973. The number of likely N-dealkylation sites (tertiary alicyclic amines) is 1. The van der Waals surface area contributed by atoms with Crippen molar-refractivity contribution in [1.82, 2.24) is 14.5 Å². The van der Waals surface area contributed by atoms with E-state index in [1.165, 1.54) is 11.1 Å². The third kappa shape index (κ3) is 7.51. The van der Waals surface area contributed by atoms with Gasteiger partial charge in [-0.15, -0.1) is 4.72 Å². The van der Waals surface area contributed by atoms with E-state index in [0.29, 0.717) is 5.92 Å². The van der Waals surface area contributed by atoms with Gasteiger partial charge in [-0.1, -0.05) is 42.0 Å². The summed E-state index contributed by atoms with van der Waals surface area (Å²) in [6, 6.07) is 10.8. The zero-order chi connectivity index (χ0) is 23.3. The summed E-state index contributed by atoms with van der Waals surface area (Å²) in [5.74, 6) is 0.393. The Labute approximate surface area is 196 Å². The van der Waals surface area contributed by atoms with Crippen LogP contribution in [0.2, 0.25) is 0 Å². The van der Waals surface area contributed by atoms with Crippen LogP contribution in [0.4, 0.5) is 4.79 Å². The minimum atomic E-state index is -0.973. The van der Waals surface area contributed by atoms with Gasteiger partial charge in [-0.25, -0.2) is 4.79 Å². The van der Waals surface area contributed by atoms with Gasteiger partial charge in [0.25, 0.3) is 0 Å². The Hall–Kier alpha value is -1.54. The highest BCUT2D eigenvalue weighted by Gasteiger charge is 2.48. The van der Waals surface area contributed by atoms with E-state index in [9.17, 15) is 9.35 Å². The van der Waals surface area contributed by atoms with Gasteiger partial charge in [0.05, 0.1) is 6.54 Å². The summed E-state index contributed by atoms with van der Waals surface area (Å²) in [5.41, 5.74) is 2.02. The first kappa shape index (κ1) is 25.1. The van der Waals surface area contributed by atoms with Crippen molar-refractivity contribution in [2.45, 2.75) is 64.6 Å². The standard InChI is InChI=1S/C25H39N3O3S/c1-19(17-20-9-7-6-8-10-20)22-18-23(22)28(24(29)31-25(2,3)4)21-11-14-27(15-12-21)16-13-26-32(5)30/h6-10,17,21-23,26H,11-16,18H2,1-5H3/b19-17+/t22-,23+,32?/m0/s1. The molecule has 1 aromatic carbocycles. The van der Waals surface area contributed by atoms with Gasteiger partial charge in [-0.3, -0.25) is 0 Å². The Bertz CT molecular complexity index is 770. The largest absolute Gasteiger partial charge is 0.598 e. The fraction of sp³-hybridized carbons (Fsp3) is 0.640. The van der Waals surface area contributed by atoms with Gasteiger partial charge in [0, 0.05) is 49.0 Å². The molecule has 1 N–H and O–H groups in total. The minimum absolute atomic E-state index is 0.181. The monoisotopic (exact) mass is 461 g/mol. The van der Waals surface area contributed by atoms with E-state index in [0.717, 1.165) is 45.4 Å². The number of benzene rings is 1. The molecule has 1 saturated heterocycles. The van der Waals surface area contributed by atoms with Crippen molar-refractivity contribution in [1.29, 1.82) is 0 Å². The third-order valence-electron chi connectivity index (χ3n) is 6.18.